The Bertz CT molecular complexity index is 988. The second-order valence-corrected chi connectivity index (χ2v) is 7.25. The van der Waals surface area contributed by atoms with E-state index in [9.17, 15) is 9.90 Å². The van der Waals surface area contributed by atoms with Crippen molar-refractivity contribution < 1.29 is 14.3 Å². The Morgan fingerprint density at radius 2 is 1.82 bits per heavy atom. The van der Waals surface area contributed by atoms with Crippen molar-refractivity contribution >= 4 is 11.0 Å². The van der Waals surface area contributed by atoms with E-state index in [2.05, 4.69) is 4.90 Å². The Balaban J connectivity index is 1.39. The van der Waals surface area contributed by atoms with Gasteiger partial charge in [-0.3, -0.25) is 4.79 Å². The van der Waals surface area contributed by atoms with Crippen molar-refractivity contribution in [3.05, 3.63) is 58.8 Å². The molecule has 0 bridgehead atoms. The maximum atomic E-state index is 12.3. The van der Waals surface area contributed by atoms with Crippen LogP contribution < -0.4 is 10.2 Å². The number of phenolic OH excluding ortho intramolecular Hbond substituents is 1. The largest absolute Gasteiger partial charge is 0.507 e. The summed E-state index contributed by atoms with van der Waals surface area (Å²) in [4.78, 5) is 14.8. The summed E-state index contributed by atoms with van der Waals surface area (Å²) in [7, 11) is 0. The molecule has 1 saturated heterocycles. The maximum absolute atomic E-state index is 12.3. The summed E-state index contributed by atoms with van der Waals surface area (Å²) >= 11 is 0. The lowest BCUT2D eigenvalue weighted by molar-refractivity contribution is 0.205. The van der Waals surface area contributed by atoms with Crippen molar-refractivity contribution in [3.8, 4) is 22.8 Å². The quantitative estimate of drug-likeness (QED) is 0.643. The highest BCUT2D eigenvalue weighted by Gasteiger charge is 2.11. The lowest BCUT2D eigenvalue weighted by Gasteiger charge is -2.26. The van der Waals surface area contributed by atoms with Gasteiger partial charge in [0.1, 0.15) is 28.2 Å². The fourth-order valence-corrected chi connectivity index (χ4v) is 3.71. The molecule has 5 nitrogen and oxygen atoms in total. The van der Waals surface area contributed by atoms with Crippen molar-refractivity contribution in [2.45, 2.75) is 25.7 Å². The lowest BCUT2D eigenvalue weighted by atomic mass is 10.1. The first-order valence-electron chi connectivity index (χ1n) is 9.92. The van der Waals surface area contributed by atoms with E-state index in [1.807, 2.05) is 24.3 Å². The first-order chi connectivity index (χ1) is 13.7. The van der Waals surface area contributed by atoms with Gasteiger partial charge in [-0.15, -0.1) is 0 Å². The minimum Gasteiger partial charge on any atom is -0.507 e. The fourth-order valence-electron chi connectivity index (χ4n) is 3.71. The molecule has 1 aliphatic rings. The van der Waals surface area contributed by atoms with E-state index in [0.29, 0.717) is 18.0 Å². The normalized spacial score (nSPS) is 15.0. The minimum absolute atomic E-state index is 0.0638. The molecule has 28 heavy (non-hydrogen) atoms. The SMILES string of the molecule is O=c1cc(-c2ccc(OCCCN3CCCCC3)cc2)oc2cccc(O)c12. The molecule has 1 fully saturated rings. The number of piperidine rings is 1. The highest BCUT2D eigenvalue weighted by molar-refractivity contribution is 5.84. The van der Waals surface area contributed by atoms with E-state index in [-0.39, 0.29) is 16.6 Å². The van der Waals surface area contributed by atoms with Crippen molar-refractivity contribution in [2.75, 3.05) is 26.2 Å². The second kappa shape index (κ2) is 8.48. The van der Waals surface area contributed by atoms with Crippen LogP contribution in [-0.2, 0) is 0 Å². The van der Waals surface area contributed by atoms with Crippen LogP contribution in [0.5, 0.6) is 11.5 Å². The number of fused-ring (bicyclic) bond motifs is 1. The molecule has 0 aliphatic carbocycles. The zero-order valence-electron chi connectivity index (χ0n) is 15.9. The maximum Gasteiger partial charge on any atom is 0.197 e. The highest BCUT2D eigenvalue weighted by Crippen LogP contribution is 2.27. The van der Waals surface area contributed by atoms with E-state index >= 15 is 0 Å². The van der Waals surface area contributed by atoms with Crippen LogP contribution in [0.4, 0.5) is 0 Å². The average molecular weight is 379 g/mol. The van der Waals surface area contributed by atoms with Crippen LogP contribution in [-0.4, -0.2) is 36.2 Å². The van der Waals surface area contributed by atoms with Crippen LogP contribution >= 0.6 is 0 Å². The molecular weight excluding hydrogens is 354 g/mol. The predicted octanol–water partition coefficient (Wildman–Crippen LogP) is 4.42. The predicted molar refractivity (Wildman–Crippen MR) is 110 cm³/mol. The smallest absolute Gasteiger partial charge is 0.197 e. The molecule has 0 unspecified atom stereocenters. The molecule has 146 valence electrons. The van der Waals surface area contributed by atoms with E-state index in [4.69, 9.17) is 9.15 Å². The monoisotopic (exact) mass is 379 g/mol. The number of hydrogen-bond donors (Lipinski definition) is 1. The van der Waals surface area contributed by atoms with Crippen molar-refractivity contribution in [2.24, 2.45) is 0 Å². The molecule has 5 heteroatoms. The summed E-state index contributed by atoms with van der Waals surface area (Å²) in [5.41, 5.74) is 0.913. The van der Waals surface area contributed by atoms with E-state index in [0.717, 1.165) is 24.3 Å². The third-order valence-corrected chi connectivity index (χ3v) is 5.21. The third kappa shape index (κ3) is 4.20. The number of rotatable bonds is 6. The molecule has 0 saturated carbocycles. The van der Waals surface area contributed by atoms with Gasteiger partial charge in [-0.05, 0) is 68.8 Å². The molecule has 0 atom stereocenters. The van der Waals surface area contributed by atoms with Gasteiger partial charge < -0.3 is 19.2 Å². The van der Waals surface area contributed by atoms with Gasteiger partial charge >= 0.3 is 0 Å². The lowest BCUT2D eigenvalue weighted by Crippen LogP contribution is -2.31. The summed E-state index contributed by atoms with van der Waals surface area (Å²) in [5, 5.41) is 10.1. The van der Waals surface area contributed by atoms with Crippen molar-refractivity contribution in [1.29, 1.82) is 0 Å². The fraction of sp³-hybridized carbons (Fsp3) is 0.348. The molecule has 4 rings (SSSR count). The van der Waals surface area contributed by atoms with E-state index < -0.39 is 0 Å². The average Bonchev–Trinajstić information content (AvgIpc) is 2.72. The molecule has 0 radical (unpaired) electrons. The molecular formula is C23H25NO4. The zero-order chi connectivity index (χ0) is 19.3. The third-order valence-electron chi connectivity index (χ3n) is 5.21. The van der Waals surface area contributed by atoms with E-state index in [1.54, 1.807) is 12.1 Å². The number of aromatic hydroxyl groups is 1. The molecule has 1 aliphatic heterocycles. The van der Waals surface area contributed by atoms with Gasteiger partial charge in [-0.25, -0.2) is 0 Å². The van der Waals surface area contributed by atoms with Crippen LogP contribution in [0.2, 0.25) is 0 Å². The Morgan fingerprint density at radius 1 is 1.04 bits per heavy atom. The summed E-state index contributed by atoms with van der Waals surface area (Å²) in [5.74, 6) is 1.22. The molecule has 1 aromatic heterocycles. The standard InChI is InChI=1S/C23H25NO4/c25-19-6-4-7-21-23(19)20(26)16-22(28-21)17-8-10-18(11-9-17)27-15-5-14-24-12-2-1-3-13-24/h4,6-11,16,25H,1-3,5,12-15H2. The number of benzene rings is 2. The van der Waals surface area contributed by atoms with Gasteiger partial charge in [-0.1, -0.05) is 12.5 Å². The number of ether oxygens (including phenoxy) is 1. The topological polar surface area (TPSA) is 62.9 Å². The molecule has 0 amide bonds. The number of phenols is 1. The zero-order valence-corrected chi connectivity index (χ0v) is 15.9. The number of likely N-dealkylation sites (tertiary alicyclic amines) is 1. The molecule has 2 aromatic carbocycles. The second-order valence-electron chi connectivity index (χ2n) is 7.25. The molecule has 0 spiro atoms. The van der Waals surface area contributed by atoms with Gasteiger partial charge in [0, 0.05) is 18.2 Å². The Hall–Kier alpha value is -2.79. The van der Waals surface area contributed by atoms with Crippen molar-refractivity contribution in [1.82, 2.24) is 4.90 Å². The summed E-state index contributed by atoms with van der Waals surface area (Å²) in [6, 6.07) is 13.8. The minimum atomic E-state index is -0.257. The van der Waals surface area contributed by atoms with Gasteiger partial charge in [0.15, 0.2) is 5.43 Å². The first kappa shape index (κ1) is 18.6. The van der Waals surface area contributed by atoms with Crippen LogP contribution in [0, 0.1) is 0 Å². The number of nitrogens with zero attached hydrogens (tertiary/aromatic N) is 1. The Labute approximate surface area is 164 Å². The van der Waals surface area contributed by atoms with Crippen LogP contribution in [0.15, 0.2) is 57.7 Å². The van der Waals surface area contributed by atoms with E-state index in [1.165, 1.54) is 44.5 Å². The highest BCUT2D eigenvalue weighted by atomic mass is 16.5. The Morgan fingerprint density at radius 3 is 2.61 bits per heavy atom. The Kier molecular flexibility index (Phi) is 5.63. The van der Waals surface area contributed by atoms with Crippen LogP contribution in [0.3, 0.4) is 0 Å². The van der Waals surface area contributed by atoms with Gasteiger partial charge in [0.2, 0.25) is 0 Å². The van der Waals surface area contributed by atoms with Crippen LogP contribution in [0.25, 0.3) is 22.3 Å². The van der Waals surface area contributed by atoms with Gasteiger partial charge in [0.25, 0.3) is 0 Å². The van der Waals surface area contributed by atoms with Crippen molar-refractivity contribution in [3.63, 3.8) is 0 Å². The number of hydrogen-bond acceptors (Lipinski definition) is 5. The van der Waals surface area contributed by atoms with Gasteiger partial charge in [0.05, 0.1) is 6.61 Å². The molecule has 2 heterocycles. The van der Waals surface area contributed by atoms with Crippen LogP contribution in [0.1, 0.15) is 25.7 Å². The summed E-state index contributed by atoms with van der Waals surface area (Å²) in [6.45, 7) is 4.21. The summed E-state index contributed by atoms with van der Waals surface area (Å²) in [6.07, 6.45) is 5.00. The first-order valence-corrected chi connectivity index (χ1v) is 9.92. The summed E-state index contributed by atoms with van der Waals surface area (Å²) < 4.78 is 11.7. The molecule has 1 N–H and O–H groups in total. The molecule has 3 aromatic rings. The van der Waals surface area contributed by atoms with Gasteiger partial charge in [-0.2, -0.15) is 0 Å².